The van der Waals surface area contributed by atoms with Crippen LogP contribution in [0.4, 0.5) is 4.79 Å². The van der Waals surface area contributed by atoms with Gasteiger partial charge in [-0.15, -0.1) is 0 Å². The second-order valence-corrected chi connectivity index (χ2v) is 5.39. The molecule has 4 nitrogen and oxygen atoms in total. The van der Waals surface area contributed by atoms with E-state index >= 15 is 0 Å². The van der Waals surface area contributed by atoms with E-state index in [0.717, 1.165) is 19.4 Å². The van der Waals surface area contributed by atoms with Crippen molar-refractivity contribution in [2.24, 2.45) is 5.92 Å². The highest BCUT2D eigenvalue weighted by molar-refractivity contribution is 5.70. The van der Waals surface area contributed by atoms with Gasteiger partial charge < -0.3 is 15.4 Å². The lowest BCUT2D eigenvalue weighted by Crippen LogP contribution is -2.24. The van der Waals surface area contributed by atoms with Crippen molar-refractivity contribution < 1.29 is 9.53 Å². The number of carbonyl (C=O) groups is 1. The summed E-state index contributed by atoms with van der Waals surface area (Å²) in [5.74, 6) is 1.24. The standard InChI is InChI=1S/C15H22N2O2/c1-10(2)9-17-14-7-5-11-4-6-12(8-13(11)14)19-15(18)16-3/h4,6,8,10,14,17H,5,7,9H2,1-3H3,(H,16,18)/t14-/m1/s1. The van der Waals surface area contributed by atoms with Gasteiger partial charge in [0.05, 0.1) is 0 Å². The minimum Gasteiger partial charge on any atom is -0.410 e. The summed E-state index contributed by atoms with van der Waals surface area (Å²) in [4.78, 5) is 11.2. The van der Waals surface area contributed by atoms with Crippen LogP contribution in [-0.4, -0.2) is 19.7 Å². The molecule has 0 radical (unpaired) electrons. The number of hydrogen-bond donors (Lipinski definition) is 2. The van der Waals surface area contributed by atoms with Gasteiger partial charge in [0.2, 0.25) is 0 Å². The molecule has 1 atom stereocenters. The maximum Gasteiger partial charge on any atom is 0.412 e. The monoisotopic (exact) mass is 262 g/mol. The second kappa shape index (κ2) is 6.06. The normalized spacial score (nSPS) is 17.4. The minimum absolute atomic E-state index is 0.380. The first-order valence-electron chi connectivity index (χ1n) is 6.86. The molecule has 0 saturated heterocycles. The summed E-state index contributed by atoms with van der Waals surface area (Å²) in [5.41, 5.74) is 2.62. The Labute approximate surface area is 114 Å². The number of benzene rings is 1. The fraction of sp³-hybridized carbons (Fsp3) is 0.533. The van der Waals surface area contributed by atoms with Crippen LogP contribution in [0.15, 0.2) is 18.2 Å². The average molecular weight is 262 g/mol. The molecule has 0 heterocycles. The molecule has 0 spiro atoms. The van der Waals surface area contributed by atoms with Crippen LogP contribution in [-0.2, 0) is 6.42 Å². The lowest BCUT2D eigenvalue weighted by Gasteiger charge is -2.16. The molecule has 0 unspecified atom stereocenters. The van der Waals surface area contributed by atoms with Crippen molar-refractivity contribution in [1.82, 2.24) is 10.6 Å². The summed E-state index contributed by atoms with van der Waals surface area (Å²) in [7, 11) is 1.56. The lowest BCUT2D eigenvalue weighted by atomic mass is 10.1. The molecule has 2 N–H and O–H groups in total. The topological polar surface area (TPSA) is 50.4 Å². The highest BCUT2D eigenvalue weighted by Gasteiger charge is 2.23. The Balaban J connectivity index is 2.09. The van der Waals surface area contributed by atoms with Crippen LogP contribution in [0.3, 0.4) is 0 Å². The Kier molecular flexibility index (Phi) is 4.43. The third-order valence-corrected chi connectivity index (χ3v) is 3.38. The average Bonchev–Trinajstić information content (AvgIpc) is 2.78. The summed E-state index contributed by atoms with van der Waals surface area (Å²) in [6.07, 6.45) is 1.78. The summed E-state index contributed by atoms with van der Waals surface area (Å²) in [6, 6.07) is 6.28. The Morgan fingerprint density at radius 2 is 2.26 bits per heavy atom. The van der Waals surface area contributed by atoms with Crippen LogP contribution in [0.2, 0.25) is 0 Å². The molecule has 0 aliphatic heterocycles. The van der Waals surface area contributed by atoms with Crippen LogP contribution in [0.1, 0.15) is 37.4 Å². The van der Waals surface area contributed by atoms with Crippen molar-refractivity contribution in [3.63, 3.8) is 0 Å². The van der Waals surface area contributed by atoms with Gasteiger partial charge >= 0.3 is 6.09 Å². The van der Waals surface area contributed by atoms with Gasteiger partial charge in [-0.25, -0.2) is 4.79 Å². The number of carbonyl (C=O) groups excluding carboxylic acids is 1. The van der Waals surface area contributed by atoms with Crippen molar-refractivity contribution >= 4 is 6.09 Å². The van der Waals surface area contributed by atoms with Gasteiger partial charge in [0.25, 0.3) is 0 Å². The third-order valence-electron chi connectivity index (χ3n) is 3.38. The molecule has 0 bridgehead atoms. The molecule has 1 aliphatic rings. The predicted octanol–water partition coefficient (Wildman–Crippen LogP) is 2.64. The van der Waals surface area contributed by atoms with Crippen LogP contribution in [0.25, 0.3) is 0 Å². The summed E-state index contributed by atoms with van der Waals surface area (Å²) < 4.78 is 5.18. The Hall–Kier alpha value is -1.55. The number of hydrogen-bond acceptors (Lipinski definition) is 3. The molecule has 1 aromatic rings. The molecule has 1 aliphatic carbocycles. The zero-order valence-corrected chi connectivity index (χ0v) is 11.8. The zero-order chi connectivity index (χ0) is 13.8. The van der Waals surface area contributed by atoms with Crippen LogP contribution < -0.4 is 15.4 Å². The first-order valence-corrected chi connectivity index (χ1v) is 6.86. The molecule has 19 heavy (non-hydrogen) atoms. The molecule has 2 rings (SSSR count). The van der Waals surface area contributed by atoms with E-state index in [4.69, 9.17) is 4.74 Å². The van der Waals surface area contributed by atoms with Crippen LogP contribution in [0, 0.1) is 5.92 Å². The summed E-state index contributed by atoms with van der Waals surface area (Å²) >= 11 is 0. The van der Waals surface area contributed by atoms with Crippen molar-refractivity contribution in [3.05, 3.63) is 29.3 Å². The van der Waals surface area contributed by atoms with Gasteiger partial charge in [0, 0.05) is 13.1 Å². The van der Waals surface area contributed by atoms with Gasteiger partial charge in [-0.1, -0.05) is 19.9 Å². The SMILES string of the molecule is CNC(=O)Oc1ccc2c(c1)[C@H](NCC(C)C)CC2. The smallest absolute Gasteiger partial charge is 0.410 e. The van der Waals surface area contributed by atoms with Crippen LogP contribution >= 0.6 is 0 Å². The summed E-state index contributed by atoms with van der Waals surface area (Å²) in [6.45, 7) is 5.41. The lowest BCUT2D eigenvalue weighted by molar-refractivity contribution is 0.203. The number of ether oxygens (including phenoxy) is 1. The minimum atomic E-state index is -0.426. The molecule has 1 amide bonds. The molecule has 104 valence electrons. The Morgan fingerprint density at radius 3 is 2.95 bits per heavy atom. The highest BCUT2D eigenvalue weighted by Crippen LogP contribution is 2.33. The maximum atomic E-state index is 11.2. The third kappa shape index (κ3) is 3.47. The summed E-state index contributed by atoms with van der Waals surface area (Å²) in [5, 5.41) is 6.03. The van der Waals surface area contributed by atoms with Crippen molar-refractivity contribution in [1.29, 1.82) is 0 Å². The second-order valence-electron chi connectivity index (χ2n) is 5.39. The van der Waals surface area contributed by atoms with E-state index in [1.54, 1.807) is 7.05 Å². The van der Waals surface area contributed by atoms with Gasteiger partial charge in [0.15, 0.2) is 0 Å². The van der Waals surface area contributed by atoms with E-state index in [1.807, 2.05) is 12.1 Å². The number of nitrogens with one attached hydrogen (secondary N) is 2. The van der Waals surface area contributed by atoms with Gasteiger partial charge in [0.1, 0.15) is 5.75 Å². The maximum absolute atomic E-state index is 11.2. The molecular weight excluding hydrogens is 240 g/mol. The first-order chi connectivity index (χ1) is 9.10. The molecular formula is C15H22N2O2. The van der Waals surface area contributed by atoms with E-state index in [1.165, 1.54) is 11.1 Å². The highest BCUT2D eigenvalue weighted by atomic mass is 16.5. The molecule has 1 aromatic carbocycles. The van der Waals surface area contributed by atoms with Crippen molar-refractivity contribution in [2.75, 3.05) is 13.6 Å². The largest absolute Gasteiger partial charge is 0.412 e. The van der Waals surface area contributed by atoms with E-state index < -0.39 is 6.09 Å². The van der Waals surface area contributed by atoms with Crippen molar-refractivity contribution in [3.8, 4) is 5.75 Å². The molecule has 0 fully saturated rings. The van der Waals surface area contributed by atoms with E-state index in [2.05, 4.69) is 30.5 Å². The van der Waals surface area contributed by atoms with Gasteiger partial charge in [-0.2, -0.15) is 0 Å². The fourth-order valence-electron chi connectivity index (χ4n) is 2.39. The molecule has 0 aromatic heterocycles. The van der Waals surface area contributed by atoms with Gasteiger partial charge in [-0.3, -0.25) is 0 Å². The predicted molar refractivity (Wildman–Crippen MR) is 75.4 cm³/mol. The van der Waals surface area contributed by atoms with Crippen LogP contribution in [0.5, 0.6) is 5.75 Å². The molecule has 4 heteroatoms. The Bertz CT molecular complexity index is 457. The van der Waals surface area contributed by atoms with E-state index in [0.29, 0.717) is 17.7 Å². The number of aryl methyl sites for hydroxylation is 1. The quantitative estimate of drug-likeness (QED) is 0.877. The first kappa shape index (κ1) is 13.9. The Morgan fingerprint density at radius 1 is 1.47 bits per heavy atom. The number of rotatable bonds is 4. The number of amides is 1. The zero-order valence-electron chi connectivity index (χ0n) is 11.8. The molecule has 0 saturated carbocycles. The van der Waals surface area contributed by atoms with Crippen molar-refractivity contribution in [2.45, 2.75) is 32.7 Å². The van der Waals surface area contributed by atoms with Gasteiger partial charge in [-0.05, 0) is 48.6 Å². The van der Waals surface area contributed by atoms with E-state index in [9.17, 15) is 4.79 Å². The number of fused-ring (bicyclic) bond motifs is 1. The fourth-order valence-corrected chi connectivity index (χ4v) is 2.39. The van der Waals surface area contributed by atoms with E-state index in [-0.39, 0.29) is 0 Å².